The molecular formula is C37H45ClN6O3. The highest BCUT2D eigenvalue weighted by molar-refractivity contribution is 5.93. The molecule has 2 saturated heterocycles. The van der Waals surface area contributed by atoms with Crippen molar-refractivity contribution in [2.75, 3.05) is 44.2 Å². The Kier molecular flexibility index (Phi) is 9.75. The van der Waals surface area contributed by atoms with Crippen LogP contribution in [0.4, 0.5) is 5.69 Å². The first-order valence-electron chi connectivity index (χ1n) is 16.8. The topological polar surface area (TPSA) is 98.4 Å². The summed E-state index contributed by atoms with van der Waals surface area (Å²) in [5, 5.41) is 3.35. The lowest BCUT2D eigenvalue weighted by atomic mass is 9.95. The molecule has 0 bridgehead atoms. The zero-order chi connectivity index (χ0) is 31.7. The number of nitrogens with zero attached hydrogens (tertiary/aromatic N) is 4. The molecule has 1 aliphatic carbocycles. The summed E-state index contributed by atoms with van der Waals surface area (Å²) in [6.07, 6.45) is 7.82. The number of pyridine rings is 1. The second-order valence-electron chi connectivity index (χ2n) is 13.5. The lowest BCUT2D eigenvalue weighted by Gasteiger charge is -2.37. The van der Waals surface area contributed by atoms with E-state index in [0.717, 1.165) is 91.8 Å². The number of fused-ring (bicyclic) bond motifs is 1. The Morgan fingerprint density at radius 3 is 2.57 bits per heavy atom. The Hall–Kier alpha value is -4.08. The molecule has 3 fully saturated rings. The smallest absolute Gasteiger partial charge is 0.266 e. The number of piperidine rings is 1. The third kappa shape index (κ3) is 7.26. The quantitative estimate of drug-likeness (QED) is 0.282. The van der Waals surface area contributed by atoms with Crippen molar-refractivity contribution in [3.05, 3.63) is 78.6 Å². The van der Waals surface area contributed by atoms with Gasteiger partial charge in [0.25, 0.3) is 5.91 Å². The summed E-state index contributed by atoms with van der Waals surface area (Å²) in [6, 6.07) is 21.0. The number of ether oxygens (including phenoxy) is 1. The average molecular weight is 657 g/mol. The second kappa shape index (κ2) is 14.0. The third-order valence-electron chi connectivity index (χ3n) is 9.67. The van der Waals surface area contributed by atoms with Gasteiger partial charge in [0.2, 0.25) is 5.91 Å². The number of amides is 2. The van der Waals surface area contributed by atoms with E-state index in [1.807, 2.05) is 49.2 Å². The van der Waals surface area contributed by atoms with Gasteiger partial charge in [-0.1, -0.05) is 30.3 Å². The molecule has 1 atom stereocenters. The first-order valence-corrected chi connectivity index (χ1v) is 16.8. The van der Waals surface area contributed by atoms with E-state index >= 15 is 0 Å². The highest BCUT2D eigenvalue weighted by Gasteiger charge is 2.38. The number of halogens is 1. The van der Waals surface area contributed by atoms with Crippen LogP contribution in [0.5, 0.6) is 5.75 Å². The number of carbonyl (C=O) groups is 2. The molecule has 10 heteroatoms. The number of rotatable bonds is 9. The molecule has 0 spiro atoms. The molecule has 4 heterocycles. The van der Waals surface area contributed by atoms with Crippen molar-refractivity contribution in [1.29, 1.82) is 0 Å². The van der Waals surface area contributed by atoms with Crippen molar-refractivity contribution in [3.8, 4) is 16.9 Å². The van der Waals surface area contributed by atoms with E-state index in [1.165, 1.54) is 0 Å². The number of H-pyrrole nitrogens is 1. The first kappa shape index (κ1) is 32.8. The number of aromatic nitrogens is 2. The zero-order valence-electron chi connectivity index (χ0n) is 27.3. The molecule has 3 aliphatic rings. The average Bonchev–Trinajstić information content (AvgIpc) is 3.85. The molecule has 2 aliphatic heterocycles. The largest absolute Gasteiger partial charge is 1.00 e. The van der Waals surface area contributed by atoms with Crippen LogP contribution in [0, 0.1) is 5.92 Å². The van der Waals surface area contributed by atoms with Crippen molar-refractivity contribution in [2.24, 2.45) is 5.92 Å². The molecule has 3 N–H and O–H groups in total. The van der Waals surface area contributed by atoms with Gasteiger partial charge >= 0.3 is 0 Å². The Morgan fingerprint density at radius 1 is 1.02 bits per heavy atom. The molecule has 4 aromatic rings. The van der Waals surface area contributed by atoms with Gasteiger partial charge in [-0.25, -0.2) is 4.98 Å². The van der Waals surface area contributed by atoms with Crippen LogP contribution in [-0.2, 0) is 16.1 Å². The minimum Gasteiger partial charge on any atom is -1.00 e. The number of anilines is 1. The van der Waals surface area contributed by atoms with Crippen molar-refractivity contribution in [3.63, 3.8) is 0 Å². The van der Waals surface area contributed by atoms with Gasteiger partial charge in [0.15, 0.2) is 5.60 Å². The van der Waals surface area contributed by atoms with Crippen LogP contribution in [0.1, 0.15) is 45.1 Å². The number of quaternary nitrogens is 1. The summed E-state index contributed by atoms with van der Waals surface area (Å²) in [7, 11) is 0. The number of nitrogens with one attached hydrogen (secondary N) is 1. The van der Waals surface area contributed by atoms with E-state index in [0.29, 0.717) is 24.9 Å². The normalized spacial score (nSPS) is 18.5. The van der Waals surface area contributed by atoms with Crippen LogP contribution in [-0.4, -0.2) is 82.5 Å². The van der Waals surface area contributed by atoms with Crippen molar-refractivity contribution < 1.29 is 32.0 Å². The van der Waals surface area contributed by atoms with E-state index in [9.17, 15) is 9.59 Å². The molecule has 0 unspecified atom stereocenters. The number of hydrogen-bond acceptors (Lipinski definition) is 5. The van der Waals surface area contributed by atoms with Gasteiger partial charge < -0.3 is 42.1 Å². The Balaban J connectivity index is 0.00000386. The SMILES string of the molecule is CC(C)(Oc1cccc(N2CCC[C@@H](C(=O)N(Cc3ccc(-c4c[nH]c5ncccc45)cc3)C3CC3)C2)c1)C(=O)N1CC[NH2+]CC1.[Cl-]. The highest BCUT2D eigenvalue weighted by Crippen LogP contribution is 2.34. The van der Waals surface area contributed by atoms with Crippen LogP contribution in [0.2, 0.25) is 0 Å². The van der Waals surface area contributed by atoms with Gasteiger partial charge in [-0.05, 0) is 74.9 Å². The minimum atomic E-state index is -0.952. The maximum absolute atomic E-state index is 14.1. The first-order chi connectivity index (χ1) is 22.4. The molecule has 2 amide bonds. The van der Waals surface area contributed by atoms with Gasteiger partial charge in [0, 0.05) is 60.8 Å². The summed E-state index contributed by atoms with van der Waals surface area (Å²) < 4.78 is 6.31. The Labute approximate surface area is 283 Å². The third-order valence-corrected chi connectivity index (χ3v) is 9.67. The number of hydrogen-bond donors (Lipinski definition) is 2. The van der Waals surface area contributed by atoms with Gasteiger partial charge in [-0.3, -0.25) is 9.59 Å². The summed E-state index contributed by atoms with van der Waals surface area (Å²) in [5.41, 5.74) is 4.40. The second-order valence-corrected chi connectivity index (χ2v) is 13.5. The summed E-state index contributed by atoms with van der Waals surface area (Å²) in [5.74, 6) is 0.919. The van der Waals surface area contributed by atoms with Gasteiger partial charge in [-0.2, -0.15) is 0 Å². The molecule has 2 aromatic heterocycles. The molecule has 7 rings (SSSR count). The van der Waals surface area contributed by atoms with E-state index in [2.05, 4.69) is 61.5 Å². The number of carbonyl (C=O) groups excluding carboxylic acids is 2. The maximum Gasteiger partial charge on any atom is 0.266 e. The fraction of sp³-hybridized carbons (Fsp3) is 0.432. The van der Waals surface area contributed by atoms with Crippen LogP contribution >= 0.6 is 0 Å². The van der Waals surface area contributed by atoms with Crippen molar-refractivity contribution in [2.45, 2.75) is 57.7 Å². The van der Waals surface area contributed by atoms with Crippen LogP contribution in [0.25, 0.3) is 22.2 Å². The van der Waals surface area contributed by atoms with E-state index < -0.39 is 5.60 Å². The van der Waals surface area contributed by atoms with Gasteiger partial charge in [0.05, 0.1) is 32.1 Å². The lowest BCUT2D eigenvalue weighted by Crippen LogP contribution is -3.00. The highest BCUT2D eigenvalue weighted by atomic mass is 35.5. The molecule has 47 heavy (non-hydrogen) atoms. The predicted octanol–water partition coefficient (Wildman–Crippen LogP) is 1.20. The van der Waals surface area contributed by atoms with E-state index in [1.54, 1.807) is 6.20 Å². The Bertz CT molecular complexity index is 1700. The molecule has 2 aromatic carbocycles. The number of piperazine rings is 1. The van der Waals surface area contributed by atoms with Gasteiger partial charge in [0.1, 0.15) is 11.4 Å². The van der Waals surface area contributed by atoms with Crippen LogP contribution in [0.3, 0.4) is 0 Å². The van der Waals surface area contributed by atoms with Crippen LogP contribution < -0.4 is 27.4 Å². The zero-order valence-corrected chi connectivity index (χ0v) is 28.1. The Morgan fingerprint density at radius 2 is 1.81 bits per heavy atom. The number of aromatic amines is 1. The minimum absolute atomic E-state index is 0. The van der Waals surface area contributed by atoms with E-state index in [-0.39, 0.29) is 30.1 Å². The monoisotopic (exact) mass is 656 g/mol. The summed E-state index contributed by atoms with van der Waals surface area (Å²) >= 11 is 0. The van der Waals surface area contributed by atoms with E-state index in [4.69, 9.17) is 4.74 Å². The van der Waals surface area contributed by atoms with Gasteiger partial charge in [-0.15, -0.1) is 0 Å². The number of benzene rings is 2. The fourth-order valence-corrected chi connectivity index (χ4v) is 7.02. The molecule has 1 saturated carbocycles. The molecular weight excluding hydrogens is 612 g/mol. The summed E-state index contributed by atoms with van der Waals surface area (Å²) in [6.45, 7) is 9.30. The molecule has 0 radical (unpaired) electrons. The standard InChI is InChI=1S/C37H44N6O3.ClH/c1-37(2,36(45)41-20-17-38-18-21-41)46-31-8-3-7-30(22-31)42-19-5-6-28(25-42)35(44)43(29-14-15-29)24-26-10-12-27(13-11-26)33-23-40-34-32(33)9-4-16-39-34;/h3-4,7-13,16,22-23,28-29,38H,5-6,14-15,17-21,24-25H2,1-2H3,(H,39,40);1H/t28-;/m1./s1. The lowest BCUT2D eigenvalue weighted by molar-refractivity contribution is -0.662. The predicted molar refractivity (Wildman–Crippen MR) is 179 cm³/mol. The fourth-order valence-electron chi connectivity index (χ4n) is 7.02. The maximum atomic E-state index is 14.1. The molecule has 248 valence electrons. The van der Waals surface area contributed by atoms with Crippen molar-refractivity contribution in [1.82, 2.24) is 19.8 Å². The summed E-state index contributed by atoms with van der Waals surface area (Å²) in [4.78, 5) is 41.3. The molecule has 9 nitrogen and oxygen atoms in total. The van der Waals surface area contributed by atoms with Crippen LogP contribution in [0.15, 0.2) is 73.1 Å². The number of nitrogens with two attached hydrogens (primary N) is 1. The van der Waals surface area contributed by atoms with Crippen molar-refractivity contribution >= 4 is 28.5 Å².